The number of aromatic nitrogens is 5. The number of rotatable bonds is 5. The van der Waals surface area contributed by atoms with E-state index >= 15 is 0 Å². The number of nitrogens with one attached hydrogen (secondary N) is 1. The number of nitrogens with zero attached hydrogens (tertiary/aromatic N) is 5. The van der Waals surface area contributed by atoms with E-state index in [0.717, 1.165) is 29.7 Å². The predicted octanol–water partition coefficient (Wildman–Crippen LogP) is 1.10. The molecule has 134 valence electrons. The number of carbonyl (C=O) groups is 1. The Morgan fingerprint density at radius 2 is 2.04 bits per heavy atom. The fourth-order valence-electron chi connectivity index (χ4n) is 3.28. The van der Waals surface area contributed by atoms with Gasteiger partial charge < -0.3 is 5.32 Å². The first-order valence-electron chi connectivity index (χ1n) is 8.64. The lowest BCUT2D eigenvalue weighted by Gasteiger charge is -2.17. The summed E-state index contributed by atoms with van der Waals surface area (Å²) in [7, 11) is 1.81. The molecule has 8 heteroatoms. The second-order valence-electron chi connectivity index (χ2n) is 6.72. The molecule has 0 spiro atoms. The van der Waals surface area contributed by atoms with Gasteiger partial charge in [-0.3, -0.25) is 14.3 Å². The van der Waals surface area contributed by atoms with Crippen molar-refractivity contribution in [3.05, 3.63) is 52.5 Å². The van der Waals surface area contributed by atoms with E-state index in [0.29, 0.717) is 11.3 Å². The van der Waals surface area contributed by atoms with Crippen LogP contribution in [0.4, 0.5) is 0 Å². The summed E-state index contributed by atoms with van der Waals surface area (Å²) in [6.07, 6.45) is 3.58. The molecule has 0 unspecified atom stereocenters. The molecule has 1 aliphatic carbocycles. The summed E-state index contributed by atoms with van der Waals surface area (Å²) in [5.74, 6) is 0.843. The predicted molar refractivity (Wildman–Crippen MR) is 95.4 cm³/mol. The molecule has 4 rings (SSSR count). The van der Waals surface area contributed by atoms with Crippen molar-refractivity contribution in [3.63, 3.8) is 0 Å². The number of hydrogen-bond donors (Lipinski definition) is 1. The Morgan fingerprint density at radius 1 is 1.31 bits per heavy atom. The van der Waals surface area contributed by atoms with E-state index in [1.807, 2.05) is 32.2 Å². The zero-order chi connectivity index (χ0) is 18.3. The van der Waals surface area contributed by atoms with Crippen molar-refractivity contribution in [1.82, 2.24) is 29.9 Å². The third-order valence-electron chi connectivity index (χ3n) is 4.78. The summed E-state index contributed by atoms with van der Waals surface area (Å²) < 4.78 is 2.90. The SMILES string of the molecule is Cc1nn(CC(=O)N[C@H](c2ncnn2C)C2CC2)c(=O)c2ccccc12. The smallest absolute Gasteiger partial charge is 0.275 e. The summed E-state index contributed by atoms with van der Waals surface area (Å²) in [5, 5.41) is 12.8. The maximum atomic E-state index is 12.6. The van der Waals surface area contributed by atoms with Crippen LogP contribution in [0.5, 0.6) is 0 Å². The van der Waals surface area contributed by atoms with E-state index in [9.17, 15) is 9.59 Å². The minimum atomic E-state index is -0.261. The first-order valence-corrected chi connectivity index (χ1v) is 8.64. The highest BCUT2D eigenvalue weighted by Crippen LogP contribution is 2.40. The van der Waals surface area contributed by atoms with Gasteiger partial charge in [-0.2, -0.15) is 10.2 Å². The van der Waals surface area contributed by atoms with Gasteiger partial charge in [0.05, 0.1) is 17.1 Å². The molecule has 0 bridgehead atoms. The lowest BCUT2D eigenvalue weighted by Crippen LogP contribution is -2.37. The Bertz CT molecular complexity index is 1030. The molecule has 0 saturated heterocycles. The van der Waals surface area contributed by atoms with Crippen LogP contribution in [0.3, 0.4) is 0 Å². The number of carbonyl (C=O) groups excluding carboxylic acids is 1. The lowest BCUT2D eigenvalue weighted by atomic mass is 10.1. The summed E-state index contributed by atoms with van der Waals surface area (Å²) in [6.45, 7) is 1.72. The standard InChI is InChI=1S/C18H20N6O2/c1-11-13-5-3-4-6-14(13)18(26)24(22-11)9-15(25)21-16(12-7-8-12)17-19-10-20-23(17)2/h3-6,10,12,16H,7-9H2,1-2H3,(H,21,25)/t16-/m0/s1. The van der Waals surface area contributed by atoms with Crippen molar-refractivity contribution < 1.29 is 4.79 Å². The van der Waals surface area contributed by atoms with Gasteiger partial charge in [-0.25, -0.2) is 9.67 Å². The molecule has 0 aliphatic heterocycles. The molecule has 0 radical (unpaired) electrons. The summed E-state index contributed by atoms with van der Waals surface area (Å²) >= 11 is 0. The van der Waals surface area contributed by atoms with Gasteiger partial charge in [-0.05, 0) is 31.7 Å². The van der Waals surface area contributed by atoms with Crippen LogP contribution in [0.1, 0.15) is 30.4 Å². The second kappa shape index (κ2) is 6.36. The molecule has 2 heterocycles. The van der Waals surface area contributed by atoms with Crippen molar-refractivity contribution >= 4 is 16.7 Å². The minimum Gasteiger partial charge on any atom is -0.344 e. The van der Waals surface area contributed by atoms with Crippen molar-refractivity contribution in [2.45, 2.75) is 32.4 Å². The Balaban J connectivity index is 1.58. The van der Waals surface area contributed by atoms with Crippen LogP contribution in [0.15, 0.2) is 35.4 Å². The van der Waals surface area contributed by atoms with E-state index in [1.54, 1.807) is 10.7 Å². The first kappa shape index (κ1) is 16.4. The summed E-state index contributed by atoms with van der Waals surface area (Å²) in [4.78, 5) is 29.5. The highest BCUT2D eigenvalue weighted by atomic mass is 16.2. The Labute approximate surface area is 149 Å². The van der Waals surface area contributed by atoms with E-state index in [2.05, 4.69) is 20.5 Å². The molecular weight excluding hydrogens is 332 g/mol. The molecule has 1 aliphatic rings. The van der Waals surface area contributed by atoms with Crippen LogP contribution < -0.4 is 10.9 Å². The minimum absolute atomic E-state index is 0.119. The van der Waals surface area contributed by atoms with Gasteiger partial charge in [0.15, 0.2) is 0 Å². The lowest BCUT2D eigenvalue weighted by molar-refractivity contribution is -0.122. The average Bonchev–Trinajstić information content (AvgIpc) is 3.39. The quantitative estimate of drug-likeness (QED) is 0.742. The van der Waals surface area contributed by atoms with E-state index in [-0.39, 0.29) is 24.1 Å². The Kier molecular flexibility index (Phi) is 4.02. The summed E-state index contributed by atoms with van der Waals surface area (Å²) in [6, 6.07) is 7.11. The zero-order valence-corrected chi connectivity index (χ0v) is 14.7. The van der Waals surface area contributed by atoms with Gasteiger partial charge in [0.1, 0.15) is 18.7 Å². The molecule has 1 amide bonds. The van der Waals surface area contributed by atoms with E-state index in [4.69, 9.17) is 0 Å². The van der Waals surface area contributed by atoms with Gasteiger partial charge in [0.25, 0.3) is 5.56 Å². The van der Waals surface area contributed by atoms with Crippen molar-refractivity contribution in [1.29, 1.82) is 0 Å². The Hall–Kier alpha value is -3.03. The van der Waals surface area contributed by atoms with E-state index in [1.165, 1.54) is 11.0 Å². The highest BCUT2D eigenvalue weighted by molar-refractivity contribution is 5.83. The molecule has 1 atom stereocenters. The van der Waals surface area contributed by atoms with Crippen LogP contribution in [0, 0.1) is 12.8 Å². The summed E-state index contributed by atoms with van der Waals surface area (Å²) in [5.41, 5.74) is 0.461. The number of fused-ring (bicyclic) bond motifs is 1. The molecule has 1 N–H and O–H groups in total. The van der Waals surface area contributed by atoms with Crippen LogP contribution in [-0.4, -0.2) is 30.5 Å². The maximum Gasteiger partial charge on any atom is 0.275 e. The van der Waals surface area contributed by atoms with Gasteiger partial charge in [-0.1, -0.05) is 18.2 Å². The van der Waals surface area contributed by atoms with Crippen molar-refractivity contribution in [2.24, 2.45) is 13.0 Å². The number of hydrogen-bond acceptors (Lipinski definition) is 5. The molecule has 1 aromatic carbocycles. The van der Waals surface area contributed by atoms with Crippen LogP contribution in [0.2, 0.25) is 0 Å². The third kappa shape index (κ3) is 2.98. The van der Waals surface area contributed by atoms with Crippen molar-refractivity contribution in [2.75, 3.05) is 0 Å². The second-order valence-corrected chi connectivity index (χ2v) is 6.72. The molecule has 2 aromatic heterocycles. The molecule has 3 aromatic rings. The van der Waals surface area contributed by atoms with Crippen LogP contribution in [0.25, 0.3) is 10.8 Å². The third-order valence-corrected chi connectivity index (χ3v) is 4.78. The van der Waals surface area contributed by atoms with Gasteiger partial charge >= 0.3 is 0 Å². The fraction of sp³-hybridized carbons (Fsp3) is 0.389. The molecule has 26 heavy (non-hydrogen) atoms. The number of amides is 1. The fourth-order valence-corrected chi connectivity index (χ4v) is 3.28. The number of benzene rings is 1. The molecule has 1 saturated carbocycles. The molecular formula is C18H20N6O2. The first-order chi connectivity index (χ1) is 12.5. The van der Waals surface area contributed by atoms with Crippen LogP contribution >= 0.6 is 0 Å². The topological polar surface area (TPSA) is 94.7 Å². The average molecular weight is 352 g/mol. The monoisotopic (exact) mass is 352 g/mol. The van der Waals surface area contributed by atoms with Crippen LogP contribution in [-0.2, 0) is 18.4 Å². The van der Waals surface area contributed by atoms with Gasteiger partial charge in [0, 0.05) is 12.4 Å². The Morgan fingerprint density at radius 3 is 2.69 bits per heavy atom. The van der Waals surface area contributed by atoms with Gasteiger partial charge in [0.2, 0.25) is 5.91 Å². The molecule has 8 nitrogen and oxygen atoms in total. The van der Waals surface area contributed by atoms with Crippen molar-refractivity contribution in [3.8, 4) is 0 Å². The normalized spacial score (nSPS) is 15.2. The molecule has 1 fully saturated rings. The van der Waals surface area contributed by atoms with E-state index < -0.39 is 0 Å². The number of aryl methyl sites for hydroxylation is 2. The highest BCUT2D eigenvalue weighted by Gasteiger charge is 2.36. The zero-order valence-electron chi connectivity index (χ0n) is 14.7. The van der Waals surface area contributed by atoms with Gasteiger partial charge in [-0.15, -0.1) is 0 Å². The largest absolute Gasteiger partial charge is 0.344 e. The maximum absolute atomic E-state index is 12.6.